The molecule has 116 valence electrons. The molecule has 5 nitrogen and oxygen atoms in total. The zero-order valence-corrected chi connectivity index (χ0v) is 13.2. The number of nitrogens with one attached hydrogen (secondary N) is 3. The van der Waals surface area contributed by atoms with Gasteiger partial charge in [-0.25, -0.2) is 4.79 Å². The van der Waals surface area contributed by atoms with Crippen LogP contribution >= 0.6 is 0 Å². The van der Waals surface area contributed by atoms with Crippen molar-refractivity contribution in [2.24, 2.45) is 0 Å². The maximum atomic E-state index is 11.7. The molecule has 0 saturated heterocycles. The summed E-state index contributed by atoms with van der Waals surface area (Å²) < 4.78 is 0. The lowest BCUT2D eigenvalue weighted by molar-refractivity contribution is -0.119. The summed E-state index contributed by atoms with van der Waals surface area (Å²) in [6.45, 7) is 6.50. The van der Waals surface area contributed by atoms with E-state index in [-0.39, 0.29) is 23.9 Å². The van der Waals surface area contributed by atoms with Crippen molar-refractivity contribution in [3.63, 3.8) is 0 Å². The van der Waals surface area contributed by atoms with Gasteiger partial charge in [-0.3, -0.25) is 10.1 Å². The van der Waals surface area contributed by atoms with Crippen molar-refractivity contribution in [2.75, 3.05) is 13.6 Å². The molecule has 0 aliphatic carbocycles. The van der Waals surface area contributed by atoms with Crippen LogP contribution in [0.2, 0.25) is 0 Å². The van der Waals surface area contributed by atoms with Crippen LogP contribution in [0.4, 0.5) is 4.79 Å². The predicted molar refractivity (Wildman–Crippen MR) is 84.1 cm³/mol. The highest BCUT2D eigenvalue weighted by atomic mass is 16.2. The Balaban J connectivity index is 2.66. The lowest BCUT2D eigenvalue weighted by Gasteiger charge is -2.35. The average Bonchev–Trinajstić information content (AvgIpc) is 2.48. The molecular formula is C16H25N3O2. The first kappa shape index (κ1) is 17.2. The number of amides is 3. The van der Waals surface area contributed by atoms with E-state index in [1.807, 2.05) is 18.2 Å². The van der Waals surface area contributed by atoms with Crippen molar-refractivity contribution in [3.05, 3.63) is 35.9 Å². The SMILES string of the molecule is CC[C@@H](NCC(=O)NC(=O)NC)C(C)(C)c1ccccc1. The largest absolute Gasteiger partial charge is 0.341 e. The fraction of sp³-hybridized carbons (Fsp3) is 0.500. The van der Waals surface area contributed by atoms with Crippen LogP contribution in [0.15, 0.2) is 30.3 Å². The van der Waals surface area contributed by atoms with E-state index in [1.165, 1.54) is 12.6 Å². The second kappa shape index (κ2) is 7.78. The van der Waals surface area contributed by atoms with E-state index < -0.39 is 6.03 Å². The Kier molecular flexibility index (Phi) is 6.37. The van der Waals surface area contributed by atoms with Gasteiger partial charge >= 0.3 is 6.03 Å². The van der Waals surface area contributed by atoms with Crippen molar-refractivity contribution >= 4 is 11.9 Å². The molecule has 3 amide bonds. The molecule has 1 aromatic rings. The van der Waals surface area contributed by atoms with Gasteiger partial charge in [0.2, 0.25) is 5.91 Å². The normalized spacial score (nSPS) is 12.6. The summed E-state index contributed by atoms with van der Waals surface area (Å²) in [6, 6.07) is 9.85. The number of urea groups is 1. The summed E-state index contributed by atoms with van der Waals surface area (Å²) in [6.07, 6.45) is 0.884. The number of benzene rings is 1. The third-order valence-corrected chi connectivity index (χ3v) is 3.79. The van der Waals surface area contributed by atoms with Gasteiger partial charge in [0, 0.05) is 18.5 Å². The second-order valence-corrected chi connectivity index (χ2v) is 5.56. The van der Waals surface area contributed by atoms with Gasteiger partial charge in [-0.05, 0) is 12.0 Å². The molecule has 0 fully saturated rings. The van der Waals surface area contributed by atoms with E-state index in [9.17, 15) is 9.59 Å². The maximum absolute atomic E-state index is 11.7. The van der Waals surface area contributed by atoms with Crippen LogP contribution in [0.1, 0.15) is 32.8 Å². The van der Waals surface area contributed by atoms with Crippen molar-refractivity contribution in [1.29, 1.82) is 0 Å². The zero-order chi connectivity index (χ0) is 15.9. The Morgan fingerprint density at radius 2 is 1.81 bits per heavy atom. The van der Waals surface area contributed by atoms with Crippen LogP contribution in [0.25, 0.3) is 0 Å². The van der Waals surface area contributed by atoms with E-state index in [0.29, 0.717) is 0 Å². The van der Waals surface area contributed by atoms with Gasteiger partial charge in [0.25, 0.3) is 0 Å². The van der Waals surface area contributed by atoms with Crippen LogP contribution in [0.3, 0.4) is 0 Å². The second-order valence-electron chi connectivity index (χ2n) is 5.56. The molecule has 0 bridgehead atoms. The molecular weight excluding hydrogens is 266 g/mol. The highest BCUT2D eigenvalue weighted by molar-refractivity contribution is 5.95. The van der Waals surface area contributed by atoms with Crippen LogP contribution in [0, 0.1) is 0 Å². The zero-order valence-electron chi connectivity index (χ0n) is 13.2. The highest BCUT2D eigenvalue weighted by Gasteiger charge is 2.30. The van der Waals surface area contributed by atoms with Gasteiger partial charge in [-0.15, -0.1) is 0 Å². The average molecular weight is 291 g/mol. The fourth-order valence-electron chi connectivity index (χ4n) is 2.43. The number of hydrogen-bond donors (Lipinski definition) is 3. The van der Waals surface area contributed by atoms with E-state index in [1.54, 1.807) is 0 Å². The Labute approximate surface area is 126 Å². The molecule has 5 heteroatoms. The molecule has 21 heavy (non-hydrogen) atoms. The summed E-state index contributed by atoms with van der Waals surface area (Å²) in [4.78, 5) is 22.7. The lowest BCUT2D eigenvalue weighted by Crippen LogP contribution is -2.49. The molecule has 0 aromatic heterocycles. The van der Waals surface area contributed by atoms with Crippen molar-refractivity contribution in [3.8, 4) is 0 Å². The summed E-state index contributed by atoms with van der Waals surface area (Å²) in [5, 5.41) is 7.85. The Morgan fingerprint density at radius 1 is 1.19 bits per heavy atom. The molecule has 0 spiro atoms. The first-order valence-corrected chi connectivity index (χ1v) is 7.22. The molecule has 0 saturated carbocycles. The summed E-state index contributed by atoms with van der Waals surface area (Å²) >= 11 is 0. The molecule has 1 rings (SSSR count). The first-order valence-electron chi connectivity index (χ1n) is 7.22. The fourth-order valence-corrected chi connectivity index (χ4v) is 2.43. The predicted octanol–water partition coefficient (Wildman–Crippen LogP) is 1.79. The summed E-state index contributed by atoms with van der Waals surface area (Å²) in [7, 11) is 1.48. The summed E-state index contributed by atoms with van der Waals surface area (Å²) in [5.74, 6) is -0.336. The van der Waals surface area contributed by atoms with Crippen LogP contribution < -0.4 is 16.0 Å². The smallest absolute Gasteiger partial charge is 0.321 e. The van der Waals surface area contributed by atoms with Crippen molar-refractivity contribution < 1.29 is 9.59 Å². The minimum absolute atomic E-state index is 0.108. The van der Waals surface area contributed by atoms with Gasteiger partial charge in [0.15, 0.2) is 0 Å². The number of hydrogen-bond acceptors (Lipinski definition) is 3. The number of carbonyl (C=O) groups excluding carboxylic acids is 2. The first-order chi connectivity index (χ1) is 9.91. The van der Waals surface area contributed by atoms with E-state index in [2.05, 4.69) is 48.9 Å². The molecule has 3 N–H and O–H groups in total. The van der Waals surface area contributed by atoms with Gasteiger partial charge < -0.3 is 10.6 Å². The van der Waals surface area contributed by atoms with Crippen LogP contribution in [0.5, 0.6) is 0 Å². The maximum Gasteiger partial charge on any atom is 0.321 e. The minimum atomic E-state index is -0.489. The number of imide groups is 1. The molecule has 0 radical (unpaired) electrons. The number of rotatable bonds is 6. The lowest BCUT2D eigenvalue weighted by atomic mass is 9.76. The van der Waals surface area contributed by atoms with Crippen LogP contribution in [-0.2, 0) is 10.2 Å². The third-order valence-electron chi connectivity index (χ3n) is 3.79. The quantitative estimate of drug-likeness (QED) is 0.748. The molecule has 1 atom stereocenters. The van der Waals surface area contributed by atoms with Gasteiger partial charge in [-0.1, -0.05) is 51.1 Å². The highest BCUT2D eigenvalue weighted by Crippen LogP contribution is 2.28. The standard InChI is InChI=1S/C16H25N3O2/c1-5-13(18-11-14(20)19-15(21)17-4)16(2,3)12-9-7-6-8-10-12/h6-10,13,18H,5,11H2,1-4H3,(H2,17,19,20,21)/t13-/m1/s1. The van der Waals surface area contributed by atoms with Crippen LogP contribution in [-0.4, -0.2) is 31.6 Å². The van der Waals surface area contributed by atoms with E-state index >= 15 is 0 Å². The Hall–Kier alpha value is -1.88. The molecule has 0 unspecified atom stereocenters. The topological polar surface area (TPSA) is 70.2 Å². The third kappa shape index (κ3) is 4.86. The Morgan fingerprint density at radius 3 is 2.33 bits per heavy atom. The van der Waals surface area contributed by atoms with Gasteiger partial charge in [0.1, 0.15) is 0 Å². The molecule has 0 aliphatic heterocycles. The molecule has 0 aliphatic rings. The van der Waals surface area contributed by atoms with Crippen molar-refractivity contribution in [1.82, 2.24) is 16.0 Å². The summed E-state index contributed by atoms with van der Waals surface area (Å²) in [5.41, 5.74) is 1.11. The molecule has 1 aromatic carbocycles. The minimum Gasteiger partial charge on any atom is -0.341 e. The number of carbonyl (C=O) groups is 2. The van der Waals surface area contributed by atoms with E-state index in [4.69, 9.17) is 0 Å². The Bertz CT molecular complexity index is 472. The monoisotopic (exact) mass is 291 g/mol. The van der Waals surface area contributed by atoms with E-state index in [0.717, 1.165) is 6.42 Å². The molecule has 0 heterocycles. The van der Waals surface area contributed by atoms with Gasteiger partial charge in [0.05, 0.1) is 6.54 Å². The van der Waals surface area contributed by atoms with Gasteiger partial charge in [-0.2, -0.15) is 0 Å². The van der Waals surface area contributed by atoms with Crippen molar-refractivity contribution in [2.45, 2.75) is 38.6 Å².